The van der Waals surface area contributed by atoms with E-state index in [1.807, 2.05) is 0 Å². The summed E-state index contributed by atoms with van der Waals surface area (Å²) in [6.07, 6.45) is 3.54. The second kappa shape index (κ2) is 4.94. The molecule has 3 nitrogen and oxygen atoms in total. The molecule has 0 unspecified atom stereocenters. The summed E-state index contributed by atoms with van der Waals surface area (Å²) in [6.45, 7) is 5.39. The van der Waals surface area contributed by atoms with Crippen molar-refractivity contribution < 1.29 is 4.74 Å². The average molecular weight is 216 g/mol. The van der Waals surface area contributed by atoms with Gasteiger partial charge < -0.3 is 9.72 Å². The molecule has 0 spiro atoms. The van der Waals surface area contributed by atoms with E-state index in [4.69, 9.17) is 4.74 Å². The lowest BCUT2D eigenvalue weighted by molar-refractivity contribution is 0.101. The van der Waals surface area contributed by atoms with Crippen molar-refractivity contribution in [3.8, 4) is 0 Å². The average Bonchev–Trinajstić information content (AvgIpc) is 2.75. The summed E-state index contributed by atoms with van der Waals surface area (Å²) < 4.78 is 5.63. The maximum Gasteiger partial charge on any atom is 0.132 e. The molecule has 16 heavy (non-hydrogen) atoms. The lowest BCUT2D eigenvalue weighted by Gasteiger charge is -2.09. The van der Waals surface area contributed by atoms with Crippen LogP contribution < -0.4 is 0 Å². The van der Waals surface area contributed by atoms with Gasteiger partial charge in [-0.15, -0.1) is 0 Å². The fraction of sp³-hybridized carbons (Fsp3) is 0.308. The molecule has 0 atom stereocenters. The highest BCUT2D eigenvalue weighted by Crippen LogP contribution is 2.14. The third-order valence-corrected chi connectivity index (χ3v) is 2.68. The number of aromatic nitrogens is 2. The molecule has 1 heterocycles. The summed E-state index contributed by atoms with van der Waals surface area (Å²) in [5.74, 6) is 0.867. The minimum atomic E-state index is 0.529. The van der Waals surface area contributed by atoms with E-state index in [1.165, 1.54) is 16.7 Å². The van der Waals surface area contributed by atoms with Crippen molar-refractivity contribution in [3.63, 3.8) is 0 Å². The molecule has 0 fully saturated rings. The van der Waals surface area contributed by atoms with Gasteiger partial charge in [0.2, 0.25) is 0 Å². The molecule has 0 saturated heterocycles. The van der Waals surface area contributed by atoms with E-state index < -0.39 is 0 Å². The molecular formula is C13H16N2O. The number of imidazole rings is 1. The highest BCUT2D eigenvalue weighted by molar-refractivity contribution is 5.32. The first-order valence-electron chi connectivity index (χ1n) is 5.38. The van der Waals surface area contributed by atoms with E-state index in [1.54, 1.807) is 12.4 Å². The minimum Gasteiger partial charge on any atom is -0.369 e. The van der Waals surface area contributed by atoms with Gasteiger partial charge in [-0.25, -0.2) is 4.98 Å². The lowest BCUT2D eigenvalue weighted by atomic mass is 10.0. The molecule has 0 aliphatic carbocycles. The van der Waals surface area contributed by atoms with Crippen molar-refractivity contribution in [2.45, 2.75) is 27.1 Å². The van der Waals surface area contributed by atoms with Gasteiger partial charge in [0.05, 0.1) is 6.61 Å². The third-order valence-electron chi connectivity index (χ3n) is 2.68. The molecule has 0 aliphatic heterocycles. The number of hydrogen-bond donors (Lipinski definition) is 1. The van der Waals surface area contributed by atoms with E-state index in [9.17, 15) is 0 Å². The van der Waals surface area contributed by atoms with E-state index in [-0.39, 0.29) is 0 Å². The van der Waals surface area contributed by atoms with E-state index in [2.05, 4.69) is 42.0 Å². The van der Waals surface area contributed by atoms with Gasteiger partial charge in [-0.1, -0.05) is 18.2 Å². The largest absolute Gasteiger partial charge is 0.369 e. The number of H-pyrrole nitrogens is 1. The van der Waals surface area contributed by atoms with E-state index in [0.717, 1.165) is 5.82 Å². The number of aryl methyl sites for hydroxylation is 2. The fourth-order valence-corrected chi connectivity index (χ4v) is 1.70. The van der Waals surface area contributed by atoms with Crippen LogP contribution in [-0.4, -0.2) is 9.97 Å². The minimum absolute atomic E-state index is 0.529. The maximum absolute atomic E-state index is 5.63. The Morgan fingerprint density at radius 1 is 1.19 bits per heavy atom. The number of benzene rings is 1. The second-order valence-corrected chi connectivity index (χ2v) is 3.90. The van der Waals surface area contributed by atoms with E-state index >= 15 is 0 Å². The third kappa shape index (κ3) is 2.49. The molecule has 3 heteroatoms. The summed E-state index contributed by atoms with van der Waals surface area (Å²) in [5, 5.41) is 0. The van der Waals surface area contributed by atoms with Gasteiger partial charge in [-0.05, 0) is 30.5 Å². The number of nitrogens with zero attached hydrogens (tertiary/aromatic N) is 1. The summed E-state index contributed by atoms with van der Waals surface area (Å²) in [4.78, 5) is 7.13. The first kappa shape index (κ1) is 10.9. The SMILES string of the molecule is Cc1cccc(C)c1COCc1ncc[nH]1. The maximum atomic E-state index is 5.63. The van der Waals surface area contributed by atoms with Crippen molar-refractivity contribution in [3.05, 3.63) is 53.1 Å². The van der Waals surface area contributed by atoms with E-state index in [0.29, 0.717) is 13.2 Å². The Morgan fingerprint density at radius 3 is 2.56 bits per heavy atom. The molecule has 2 aromatic rings. The quantitative estimate of drug-likeness (QED) is 0.853. The topological polar surface area (TPSA) is 37.9 Å². The molecule has 1 N–H and O–H groups in total. The Morgan fingerprint density at radius 2 is 1.94 bits per heavy atom. The molecule has 0 aliphatic rings. The van der Waals surface area contributed by atoms with Gasteiger partial charge >= 0.3 is 0 Å². The van der Waals surface area contributed by atoms with Crippen LogP contribution in [0.15, 0.2) is 30.6 Å². The number of ether oxygens (including phenoxy) is 1. The second-order valence-electron chi connectivity index (χ2n) is 3.90. The van der Waals surface area contributed by atoms with Gasteiger partial charge in [0.1, 0.15) is 12.4 Å². The van der Waals surface area contributed by atoms with Crippen molar-refractivity contribution in [1.82, 2.24) is 9.97 Å². The Kier molecular flexibility index (Phi) is 3.37. The predicted molar refractivity (Wildman–Crippen MR) is 63.0 cm³/mol. The van der Waals surface area contributed by atoms with Crippen LogP contribution in [0.1, 0.15) is 22.5 Å². The first-order valence-corrected chi connectivity index (χ1v) is 5.38. The molecule has 2 rings (SSSR count). The van der Waals surface area contributed by atoms with Crippen LogP contribution in [0.3, 0.4) is 0 Å². The number of aromatic amines is 1. The van der Waals surface area contributed by atoms with Crippen molar-refractivity contribution in [2.24, 2.45) is 0 Å². The lowest BCUT2D eigenvalue weighted by Crippen LogP contribution is -1.99. The monoisotopic (exact) mass is 216 g/mol. The molecular weight excluding hydrogens is 200 g/mol. The van der Waals surface area contributed by atoms with Crippen LogP contribution in [0.2, 0.25) is 0 Å². The summed E-state index contributed by atoms with van der Waals surface area (Å²) in [5.41, 5.74) is 3.83. The smallest absolute Gasteiger partial charge is 0.132 e. The Balaban J connectivity index is 1.95. The Bertz CT molecular complexity index is 429. The van der Waals surface area contributed by atoms with Crippen molar-refractivity contribution in [1.29, 1.82) is 0 Å². The van der Waals surface area contributed by atoms with Crippen LogP contribution in [-0.2, 0) is 18.0 Å². The predicted octanol–water partition coefficient (Wildman–Crippen LogP) is 2.74. The zero-order valence-corrected chi connectivity index (χ0v) is 9.66. The van der Waals surface area contributed by atoms with Crippen LogP contribution >= 0.6 is 0 Å². The van der Waals surface area contributed by atoms with Gasteiger partial charge in [-0.3, -0.25) is 0 Å². The summed E-state index contributed by atoms with van der Waals surface area (Å²) in [6, 6.07) is 6.29. The highest BCUT2D eigenvalue weighted by atomic mass is 16.5. The molecule has 0 amide bonds. The van der Waals surface area contributed by atoms with Gasteiger partial charge in [0.15, 0.2) is 0 Å². The molecule has 0 radical (unpaired) electrons. The van der Waals surface area contributed by atoms with Crippen LogP contribution in [0.4, 0.5) is 0 Å². The number of rotatable bonds is 4. The van der Waals surface area contributed by atoms with Crippen LogP contribution in [0, 0.1) is 13.8 Å². The van der Waals surface area contributed by atoms with Gasteiger partial charge in [0.25, 0.3) is 0 Å². The van der Waals surface area contributed by atoms with Crippen LogP contribution in [0.5, 0.6) is 0 Å². The standard InChI is InChI=1S/C13H16N2O/c1-10-4-3-5-11(2)12(10)8-16-9-13-14-6-7-15-13/h3-7H,8-9H2,1-2H3,(H,14,15). The molecule has 84 valence electrons. The summed E-state index contributed by atoms with van der Waals surface area (Å²) >= 11 is 0. The molecule has 1 aromatic heterocycles. The molecule has 0 bridgehead atoms. The van der Waals surface area contributed by atoms with Crippen molar-refractivity contribution >= 4 is 0 Å². The zero-order chi connectivity index (χ0) is 11.4. The fourth-order valence-electron chi connectivity index (χ4n) is 1.70. The van der Waals surface area contributed by atoms with Crippen molar-refractivity contribution in [2.75, 3.05) is 0 Å². The van der Waals surface area contributed by atoms with Gasteiger partial charge in [-0.2, -0.15) is 0 Å². The first-order chi connectivity index (χ1) is 7.77. The number of nitrogens with one attached hydrogen (secondary N) is 1. The zero-order valence-electron chi connectivity index (χ0n) is 9.66. The summed E-state index contributed by atoms with van der Waals surface area (Å²) in [7, 11) is 0. The van der Waals surface area contributed by atoms with Crippen LogP contribution in [0.25, 0.3) is 0 Å². The molecule has 0 saturated carbocycles. The highest BCUT2D eigenvalue weighted by Gasteiger charge is 2.02. The Labute approximate surface area is 95.5 Å². The van der Waals surface area contributed by atoms with Gasteiger partial charge in [0, 0.05) is 12.4 Å². The number of hydrogen-bond acceptors (Lipinski definition) is 2. The molecule has 1 aromatic carbocycles. The Hall–Kier alpha value is -1.61. The normalized spacial score (nSPS) is 10.6.